The van der Waals surface area contributed by atoms with E-state index in [2.05, 4.69) is 18.8 Å². The van der Waals surface area contributed by atoms with Crippen molar-refractivity contribution in [2.24, 2.45) is 4.99 Å². The van der Waals surface area contributed by atoms with Crippen LogP contribution in [0, 0.1) is 0 Å². The van der Waals surface area contributed by atoms with Gasteiger partial charge in [-0.2, -0.15) is 0 Å². The molecule has 4 aromatic rings. The standard InChI is InChI=1S/C45H55NO6/c1-3-5-7-9-11-12-14-16-34-50-41-27-19-37(20-28-41)44(47)51-42-25-17-36(18-26-42)35-46-39-23-31-43(32-24-39)52-45(48)38-21-29-40(30-22-38)49-33-15-13-10-8-6-4-2/h17-32,35H,3-16,33-34H2,1-2H3. The Kier molecular flexibility index (Phi) is 18.1. The third-order valence-electron chi connectivity index (χ3n) is 8.71. The molecule has 4 rings (SSSR count). The lowest BCUT2D eigenvalue weighted by Gasteiger charge is -2.08. The smallest absolute Gasteiger partial charge is 0.343 e. The van der Waals surface area contributed by atoms with Crippen molar-refractivity contribution in [1.82, 2.24) is 0 Å². The zero-order valence-corrected chi connectivity index (χ0v) is 31.0. The summed E-state index contributed by atoms with van der Waals surface area (Å²) in [7, 11) is 0. The number of esters is 2. The minimum atomic E-state index is -0.435. The predicted octanol–water partition coefficient (Wildman–Crippen LogP) is 12.1. The monoisotopic (exact) mass is 705 g/mol. The quantitative estimate of drug-likeness (QED) is 0.0312. The largest absolute Gasteiger partial charge is 0.494 e. The first-order valence-corrected chi connectivity index (χ1v) is 19.2. The molecule has 0 spiro atoms. The van der Waals surface area contributed by atoms with Crippen molar-refractivity contribution in [2.75, 3.05) is 13.2 Å². The maximum atomic E-state index is 12.7. The molecule has 0 bridgehead atoms. The molecule has 0 aromatic heterocycles. The average Bonchev–Trinajstić information content (AvgIpc) is 3.17. The van der Waals surface area contributed by atoms with Crippen molar-refractivity contribution in [2.45, 2.75) is 104 Å². The van der Waals surface area contributed by atoms with Crippen LogP contribution in [-0.2, 0) is 0 Å². The highest BCUT2D eigenvalue weighted by Gasteiger charge is 2.10. The Morgan fingerprint density at radius 2 is 0.827 bits per heavy atom. The second-order valence-electron chi connectivity index (χ2n) is 13.1. The fourth-order valence-electron chi connectivity index (χ4n) is 5.58. The average molecular weight is 706 g/mol. The molecule has 0 saturated carbocycles. The zero-order valence-electron chi connectivity index (χ0n) is 31.0. The summed E-state index contributed by atoms with van der Waals surface area (Å²) in [6.45, 7) is 5.82. The highest BCUT2D eigenvalue weighted by Crippen LogP contribution is 2.22. The summed E-state index contributed by atoms with van der Waals surface area (Å²) < 4.78 is 22.8. The number of rotatable bonds is 24. The fraction of sp³-hybridized carbons (Fsp3) is 0.400. The first-order valence-electron chi connectivity index (χ1n) is 19.2. The molecular formula is C45H55NO6. The molecule has 276 valence electrons. The van der Waals surface area contributed by atoms with Crippen LogP contribution in [0.1, 0.15) is 130 Å². The number of hydrogen-bond donors (Lipinski definition) is 0. The molecule has 0 amide bonds. The van der Waals surface area contributed by atoms with E-state index in [0.29, 0.717) is 41.5 Å². The van der Waals surface area contributed by atoms with Gasteiger partial charge in [0, 0.05) is 6.21 Å². The van der Waals surface area contributed by atoms with Gasteiger partial charge in [-0.1, -0.05) is 90.9 Å². The van der Waals surface area contributed by atoms with E-state index >= 15 is 0 Å². The highest BCUT2D eigenvalue weighted by molar-refractivity contribution is 5.92. The second kappa shape index (κ2) is 23.5. The third kappa shape index (κ3) is 15.1. The summed E-state index contributed by atoms with van der Waals surface area (Å²) in [5.41, 5.74) is 2.45. The molecule has 7 heteroatoms. The topological polar surface area (TPSA) is 83.4 Å². The molecule has 0 aliphatic carbocycles. The van der Waals surface area contributed by atoms with E-state index in [9.17, 15) is 9.59 Å². The van der Waals surface area contributed by atoms with E-state index in [4.69, 9.17) is 18.9 Å². The number of aliphatic imine (C=N–C) groups is 1. The van der Waals surface area contributed by atoms with Crippen molar-refractivity contribution in [3.8, 4) is 23.0 Å². The van der Waals surface area contributed by atoms with Gasteiger partial charge in [0.2, 0.25) is 0 Å². The molecule has 0 atom stereocenters. The van der Waals surface area contributed by atoms with Crippen LogP contribution in [0.4, 0.5) is 5.69 Å². The second-order valence-corrected chi connectivity index (χ2v) is 13.1. The van der Waals surface area contributed by atoms with E-state index in [1.807, 2.05) is 24.3 Å². The number of benzene rings is 4. The van der Waals surface area contributed by atoms with E-state index < -0.39 is 11.9 Å². The fourth-order valence-corrected chi connectivity index (χ4v) is 5.58. The van der Waals surface area contributed by atoms with Gasteiger partial charge in [0.1, 0.15) is 23.0 Å². The Bertz CT molecular complexity index is 1610. The molecule has 0 N–H and O–H groups in total. The number of unbranched alkanes of at least 4 members (excludes halogenated alkanes) is 12. The Labute approximate surface area is 310 Å². The molecule has 0 aliphatic rings. The Morgan fingerprint density at radius 1 is 0.462 bits per heavy atom. The van der Waals surface area contributed by atoms with Crippen LogP contribution in [0.3, 0.4) is 0 Å². The lowest BCUT2D eigenvalue weighted by Crippen LogP contribution is -2.08. The molecule has 7 nitrogen and oxygen atoms in total. The summed E-state index contributed by atoms with van der Waals surface area (Å²) in [4.78, 5) is 29.9. The number of carbonyl (C=O) groups is 2. The van der Waals surface area contributed by atoms with Gasteiger partial charge in [0.15, 0.2) is 0 Å². The summed E-state index contributed by atoms with van der Waals surface area (Å²) in [5.74, 6) is 1.51. The first-order chi connectivity index (χ1) is 25.5. The normalized spacial score (nSPS) is 11.0. The van der Waals surface area contributed by atoms with Crippen LogP contribution in [-0.4, -0.2) is 31.4 Å². The number of nitrogens with zero attached hydrogens (tertiary/aromatic N) is 1. The molecule has 4 aromatic carbocycles. The van der Waals surface area contributed by atoms with Gasteiger partial charge in [-0.3, -0.25) is 4.99 Å². The van der Waals surface area contributed by atoms with Gasteiger partial charge >= 0.3 is 11.9 Å². The Hall–Kier alpha value is -4.91. The molecule has 0 radical (unpaired) electrons. The summed E-state index contributed by atoms with van der Waals surface area (Å²) in [6, 6.07) is 28.2. The number of hydrogen-bond acceptors (Lipinski definition) is 7. The molecule has 0 heterocycles. The van der Waals surface area contributed by atoms with E-state index in [-0.39, 0.29) is 0 Å². The highest BCUT2D eigenvalue weighted by atomic mass is 16.5. The molecule has 0 saturated heterocycles. The third-order valence-corrected chi connectivity index (χ3v) is 8.71. The van der Waals surface area contributed by atoms with Gasteiger partial charge in [-0.25, -0.2) is 9.59 Å². The molecular weight excluding hydrogens is 650 g/mol. The molecule has 0 unspecified atom stereocenters. The summed E-state index contributed by atoms with van der Waals surface area (Å²) >= 11 is 0. The zero-order chi connectivity index (χ0) is 36.6. The first kappa shape index (κ1) is 39.9. The van der Waals surface area contributed by atoms with Gasteiger partial charge < -0.3 is 18.9 Å². The minimum Gasteiger partial charge on any atom is -0.494 e. The maximum absolute atomic E-state index is 12.7. The van der Waals surface area contributed by atoms with E-state index in [1.54, 1.807) is 79.0 Å². The van der Waals surface area contributed by atoms with Gasteiger partial charge in [0.25, 0.3) is 0 Å². The summed E-state index contributed by atoms with van der Waals surface area (Å²) in [6.07, 6.45) is 19.1. The summed E-state index contributed by atoms with van der Waals surface area (Å²) in [5, 5.41) is 0. The van der Waals surface area contributed by atoms with Crippen LogP contribution < -0.4 is 18.9 Å². The Balaban J connectivity index is 1.14. The molecule has 0 aliphatic heterocycles. The predicted molar refractivity (Wildman–Crippen MR) is 210 cm³/mol. The SMILES string of the molecule is CCCCCCCCCCOc1ccc(C(=O)Oc2ccc(C=Nc3ccc(OC(=O)c4ccc(OCCCCCCCC)cc4)cc3)cc2)cc1. The van der Waals surface area contributed by atoms with Crippen LogP contribution >= 0.6 is 0 Å². The molecule has 0 fully saturated rings. The molecule has 52 heavy (non-hydrogen) atoms. The van der Waals surface area contributed by atoms with Crippen molar-refractivity contribution in [1.29, 1.82) is 0 Å². The maximum Gasteiger partial charge on any atom is 0.343 e. The van der Waals surface area contributed by atoms with Gasteiger partial charge in [-0.15, -0.1) is 0 Å². The van der Waals surface area contributed by atoms with Crippen LogP contribution in [0.5, 0.6) is 23.0 Å². The van der Waals surface area contributed by atoms with E-state index in [0.717, 1.165) is 29.9 Å². The van der Waals surface area contributed by atoms with Crippen LogP contribution in [0.25, 0.3) is 0 Å². The lowest BCUT2D eigenvalue weighted by molar-refractivity contribution is 0.0725. The van der Waals surface area contributed by atoms with Crippen molar-refractivity contribution in [3.05, 3.63) is 114 Å². The van der Waals surface area contributed by atoms with Crippen molar-refractivity contribution >= 4 is 23.8 Å². The lowest BCUT2D eigenvalue weighted by atomic mass is 10.1. The van der Waals surface area contributed by atoms with Crippen LogP contribution in [0.2, 0.25) is 0 Å². The number of carbonyl (C=O) groups excluding carboxylic acids is 2. The van der Waals surface area contributed by atoms with Crippen LogP contribution in [0.15, 0.2) is 102 Å². The van der Waals surface area contributed by atoms with E-state index in [1.165, 1.54) is 77.0 Å². The minimum absolute atomic E-state index is 0.429. The van der Waals surface area contributed by atoms with Crippen molar-refractivity contribution in [3.63, 3.8) is 0 Å². The van der Waals surface area contributed by atoms with Crippen molar-refractivity contribution < 1.29 is 28.5 Å². The number of ether oxygens (including phenoxy) is 4. The van der Waals surface area contributed by atoms with Gasteiger partial charge in [0.05, 0.1) is 30.0 Å². The van der Waals surface area contributed by atoms with Gasteiger partial charge in [-0.05, 0) is 115 Å². The Morgan fingerprint density at radius 3 is 1.25 bits per heavy atom.